The van der Waals surface area contributed by atoms with Gasteiger partial charge < -0.3 is 5.32 Å². The molecule has 18 heavy (non-hydrogen) atoms. The van der Waals surface area contributed by atoms with Crippen LogP contribution in [0.5, 0.6) is 0 Å². The first-order valence-corrected chi connectivity index (χ1v) is 7.83. The van der Waals surface area contributed by atoms with Gasteiger partial charge in [-0.1, -0.05) is 20.8 Å². The Morgan fingerprint density at radius 2 is 2.33 bits per heavy atom. The summed E-state index contributed by atoms with van der Waals surface area (Å²) in [5, 5.41) is 6.84. The highest BCUT2D eigenvalue weighted by Gasteiger charge is 2.29. The molecule has 1 aromatic heterocycles. The monoisotopic (exact) mass is 267 g/mol. The predicted octanol–water partition coefficient (Wildman–Crippen LogP) is 2.87. The summed E-state index contributed by atoms with van der Waals surface area (Å²) in [4.78, 5) is 7.23. The van der Waals surface area contributed by atoms with Crippen molar-refractivity contribution in [1.29, 1.82) is 0 Å². The lowest BCUT2D eigenvalue weighted by Gasteiger charge is -2.18. The molecule has 0 aliphatic carbocycles. The maximum atomic E-state index is 4.71. The number of rotatable bonds is 6. The number of thiazole rings is 1. The lowest BCUT2D eigenvalue weighted by molar-refractivity contribution is 0.282. The van der Waals surface area contributed by atoms with Gasteiger partial charge in [-0.2, -0.15) is 0 Å². The van der Waals surface area contributed by atoms with Crippen LogP contribution < -0.4 is 5.32 Å². The van der Waals surface area contributed by atoms with Crippen molar-refractivity contribution in [2.75, 3.05) is 19.6 Å². The normalized spacial score (nSPS) is 19.5. The summed E-state index contributed by atoms with van der Waals surface area (Å²) < 4.78 is 0. The van der Waals surface area contributed by atoms with Crippen molar-refractivity contribution in [3.63, 3.8) is 0 Å². The Morgan fingerprint density at radius 1 is 1.50 bits per heavy atom. The molecular weight excluding hydrogens is 242 g/mol. The van der Waals surface area contributed by atoms with Crippen molar-refractivity contribution in [2.24, 2.45) is 5.41 Å². The minimum Gasteiger partial charge on any atom is -0.310 e. The van der Waals surface area contributed by atoms with Gasteiger partial charge in [-0.15, -0.1) is 11.3 Å². The van der Waals surface area contributed by atoms with Crippen LogP contribution in [0.1, 0.15) is 44.3 Å². The third-order valence-corrected chi connectivity index (χ3v) is 4.34. The third-order valence-electron chi connectivity index (χ3n) is 3.44. The van der Waals surface area contributed by atoms with E-state index in [-0.39, 0.29) is 0 Å². The predicted molar refractivity (Wildman–Crippen MR) is 77.8 cm³/mol. The van der Waals surface area contributed by atoms with Crippen LogP contribution >= 0.6 is 11.3 Å². The summed E-state index contributed by atoms with van der Waals surface area (Å²) in [5.41, 5.74) is 1.73. The van der Waals surface area contributed by atoms with Crippen molar-refractivity contribution in [2.45, 2.75) is 46.7 Å². The molecule has 102 valence electrons. The van der Waals surface area contributed by atoms with Gasteiger partial charge in [-0.3, -0.25) is 4.90 Å². The molecule has 0 saturated carbocycles. The number of aromatic nitrogens is 1. The van der Waals surface area contributed by atoms with Crippen LogP contribution in [0.3, 0.4) is 0 Å². The minimum atomic E-state index is 0.488. The van der Waals surface area contributed by atoms with Gasteiger partial charge in [0.25, 0.3) is 0 Å². The lowest BCUT2D eigenvalue weighted by Crippen LogP contribution is -2.23. The molecule has 1 aromatic rings. The Bertz CT molecular complexity index is 373. The second kappa shape index (κ2) is 6.13. The largest absolute Gasteiger partial charge is 0.310 e. The first-order valence-electron chi connectivity index (χ1n) is 6.95. The van der Waals surface area contributed by atoms with Crippen molar-refractivity contribution in [3.05, 3.63) is 16.1 Å². The molecule has 4 heteroatoms. The molecule has 2 heterocycles. The van der Waals surface area contributed by atoms with E-state index >= 15 is 0 Å². The molecule has 0 atom stereocenters. The van der Waals surface area contributed by atoms with Crippen molar-refractivity contribution in [3.8, 4) is 0 Å². The molecule has 1 aliphatic heterocycles. The van der Waals surface area contributed by atoms with Gasteiger partial charge in [0.2, 0.25) is 0 Å². The average Bonchev–Trinajstić information content (AvgIpc) is 2.87. The van der Waals surface area contributed by atoms with Gasteiger partial charge >= 0.3 is 0 Å². The lowest BCUT2D eigenvalue weighted by atomic mass is 9.93. The number of nitrogens with zero attached hydrogens (tertiary/aromatic N) is 2. The smallest absolute Gasteiger partial charge is 0.107 e. The van der Waals surface area contributed by atoms with E-state index in [1.807, 2.05) is 0 Å². The third kappa shape index (κ3) is 4.04. The SMILES string of the molecule is CCCNCc1nc(CN2CCC(C)(C)C2)cs1. The van der Waals surface area contributed by atoms with Gasteiger partial charge in [0, 0.05) is 25.0 Å². The molecular formula is C14H25N3S. The standard InChI is InChI=1S/C14H25N3S/c1-4-6-15-8-13-16-12(10-18-13)9-17-7-5-14(2,3)11-17/h10,15H,4-9,11H2,1-3H3. The Labute approximate surface area is 115 Å². The number of hydrogen-bond donors (Lipinski definition) is 1. The van der Waals surface area contributed by atoms with E-state index in [1.54, 1.807) is 11.3 Å². The van der Waals surface area contributed by atoms with Crippen molar-refractivity contribution in [1.82, 2.24) is 15.2 Å². The molecule has 0 unspecified atom stereocenters. The van der Waals surface area contributed by atoms with Gasteiger partial charge in [-0.25, -0.2) is 4.98 Å². The Balaban J connectivity index is 1.80. The van der Waals surface area contributed by atoms with Crippen molar-refractivity contribution < 1.29 is 0 Å². The maximum Gasteiger partial charge on any atom is 0.107 e. The quantitative estimate of drug-likeness (QED) is 0.803. The molecule has 1 aliphatic rings. The van der Waals surface area contributed by atoms with Gasteiger partial charge in [0.05, 0.1) is 5.69 Å². The van der Waals surface area contributed by atoms with E-state index in [0.29, 0.717) is 5.41 Å². The highest BCUT2D eigenvalue weighted by Crippen LogP contribution is 2.29. The molecule has 1 fully saturated rings. The number of nitrogens with one attached hydrogen (secondary N) is 1. The van der Waals surface area contributed by atoms with E-state index in [4.69, 9.17) is 4.98 Å². The summed E-state index contributed by atoms with van der Waals surface area (Å²) >= 11 is 1.78. The van der Waals surface area contributed by atoms with E-state index < -0.39 is 0 Å². The molecule has 0 amide bonds. The summed E-state index contributed by atoms with van der Waals surface area (Å²) in [5.74, 6) is 0. The molecule has 1 saturated heterocycles. The molecule has 0 spiro atoms. The van der Waals surface area contributed by atoms with Crippen LogP contribution in [-0.4, -0.2) is 29.5 Å². The van der Waals surface area contributed by atoms with Crippen LogP contribution in [-0.2, 0) is 13.1 Å². The number of likely N-dealkylation sites (tertiary alicyclic amines) is 1. The highest BCUT2D eigenvalue weighted by molar-refractivity contribution is 7.09. The molecule has 2 rings (SSSR count). The topological polar surface area (TPSA) is 28.2 Å². The molecule has 1 N–H and O–H groups in total. The van der Waals surface area contributed by atoms with Crippen LogP contribution in [0.25, 0.3) is 0 Å². The van der Waals surface area contributed by atoms with Gasteiger partial charge in [0.1, 0.15) is 5.01 Å². The fraction of sp³-hybridized carbons (Fsp3) is 0.786. The maximum absolute atomic E-state index is 4.71. The van der Waals surface area contributed by atoms with E-state index in [0.717, 1.165) is 19.6 Å². The summed E-state index contributed by atoms with van der Waals surface area (Å²) in [6, 6.07) is 0. The molecule has 0 radical (unpaired) electrons. The molecule has 0 aromatic carbocycles. The zero-order valence-corrected chi connectivity index (χ0v) is 12.6. The second-order valence-corrected chi connectivity index (χ2v) is 6.98. The van der Waals surface area contributed by atoms with Crippen molar-refractivity contribution >= 4 is 11.3 Å². The van der Waals surface area contributed by atoms with Gasteiger partial charge in [0.15, 0.2) is 0 Å². The van der Waals surface area contributed by atoms with E-state index in [1.165, 1.54) is 36.6 Å². The summed E-state index contributed by atoms with van der Waals surface area (Å²) in [7, 11) is 0. The van der Waals surface area contributed by atoms with Crippen LogP contribution in [0.15, 0.2) is 5.38 Å². The van der Waals surface area contributed by atoms with Crippen LogP contribution in [0.2, 0.25) is 0 Å². The van der Waals surface area contributed by atoms with E-state index in [9.17, 15) is 0 Å². The fourth-order valence-electron chi connectivity index (χ4n) is 2.46. The molecule has 3 nitrogen and oxygen atoms in total. The van der Waals surface area contributed by atoms with Crippen LogP contribution in [0, 0.1) is 5.41 Å². The first kappa shape index (κ1) is 14.0. The summed E-state index contributed by atoms with van der Waals surface area (Å²) in [6.07, 6.45) is 2.49. The Hall–Kier alpha value is -0.450. The minimum absolute atomic E-state index is 0.488. The average molecular weight is 267 g/mol. The fourth-order valence-corrected chi connectivity index (χ4v) is 3.22. The van der Waals surface area contributed by atoms with Gasteiger partial charge in [-0.05, 0) is 31.3 Å². The second-order valence-electron chi connectivity index (χ2n) is 6.03. The number of hydrogen-bond acceptors (Lipinski definition) is 4. The Morgan fingerprint density at radius 3 is 3.00 bits per heavy atom. The first-order chi connectivity index (χ1) is 8.59. The van der Waals surface area contributed by atoms with E-state index in [2.05, 4.69) is 36.4 Å². The zero-order valence-electron chi connectivity index (χ0n) is 11.8. The zero-order chi connectivity index (χ0) is 13.0. The summed E-state index contributed by atoms with van der Waals surface area (Å²) in [6.45, 7) is 12.3. The van der Waals surface area contributed by atoms with Crippen LogP contribution in [0.4, 0.5) is 0 Å². The Kier molecular flexibility index (Phi) is 4.76. The highest BCUT2D eigenvalue weighted by atomic mass is 32.1. The molecule has 0 bridgehead atoms.